The Kier molecular flexibility index (Phi) is 7.49. The number of piperazine rings is 1. The van der Waals surface area contributed by atoms with Gasteiger partial charge in [-0.1, -0.05) is 36.4 Å². The molecule has 1 amide bonds. The van der Waals surface area contributed by atoms with Gasteiger partial charge in [0.1, 0.15) is 0 Å². The molecule has 1 saturated heterocycles. The van der Waals surface area contributed by atoms with Crippen molar-refractivity contribution in [2.24, 2.45) is 0 Å². The summed E-state index contributed by atoms with van der Waals surface area (Å²) >= 11 is 0. The predicted octanol–water partition coefficient (Wildman–Crippen LogP) is 2.70. The summed E-state index contributed by atoms with van der Waals surface area (Å²) in [5, 5.41) is 3.10. The Morgan fingerprint density at radius 3 is 2.28 bits per heavy atom. The standard InChI is InChI=1S/C23H31N3O3/c1-18(20-7-5-4-6-8-20)24-23(27)17-26-13-11-25(12-14-26)16-19-9-10-21(28-2)22(15-19)29-3/h4-10,15,18H,11-14,16-17H2,1-3H3,(H,24,27)/t18-/m0/s1. The normalized spacial score (nSPS) is 16.2. The maximum Gasteiger partial charge on any atom is 0.234 e. The second-order valence-electron chi connectivity index (χ2n) is 7.44. The maximum atomic E-state index is 12.4. The summed E-state index contributed by atoms with van der Waals surface area (Å²) in [4.78, 5) is 17.0. The Balaban J connectivity index is 1.44. The van der Waals surface area contributed by atoms with Gasteiger partial charge >= 0.3 is 0 Å². The van der Waals surface area contributed by atoms with Crippen LogP contribution in [0.3, 0.4) is 0 Å². The van der Waals surface area contributed by atoms with Crippen molar-refractivity contribution in [2.45, 2.75) is 19.5 Å². The van der Waals surface area contributed by atoms with Gasteiger partial charge in [-0.05, 0) is 30.2 Å². The van der Waals surface area contributed by atoms with E-state index < -0.39 is 0 Å². The summed E-state index contributed by atoms with van der Waals surface area (Å²) in [6.45, 7) is 6.99. The average molecular weight is 398 g/mol. The van der Waals surface area contributed by atoms with Gasteiger partial charge in [0.25, 0.3) is 0 Å². The Hall–Kier alpha value is -2.57. The molecule has 0 radical (unpaired) electrons. The number of methoxy groups -OCH3 is 2. The molecule has 29 heavy (non-hydrogen) atoms. The van der Waals surface area contributed by atoms with E-state index in [-0.39, 0.29) is 11.9 Å². The van der Waals surface area contributed by atoms with Crippen LogP contribution in [0.1, 0.15) is 24.1 Å². The van der Waals surface area contributed by atoms with Crippen LogP contribution in [0.25, 0.3) is 0 Å². The van der Waals surface area contributed by atoms with Crippen LogP contribution < -0.4 is 14.8 Å². The molecule has 1 atom stereocenters. The largest absolute Gasteiger partial charge is 0.493 e. The van der Waals surface area contributed by atoms with Gasteiger partial charge in [-0.2, -0.15) is 0 Å². The minimum absolute atomic E-state index is 0.0232. The quantitative estimate of drug-likeness (QED) is 0.742. The molecule has 0 unspecified atom stereocenters. The van der Waals surface area contributed by atoms with Crippen molar-refractivity contribution in [3.8, 4) is 11.5 Å². The van der Waals surface area contributed by atoms with Crippen molar-refractivity contribution in [3.05, 3.63) is 59.7 Å². The first kappa shape index (κ1) is 21.1. The van der Waals surface area contributed by atoms with Crippen molar-refractivity contribution in [1.82, 2.24) is 15.1 Å². The summed E-state index contributed by atoms with van der Waals surface area (Å²) < 4.78 is 10.7. The molecule has 3 rings (SSSR count). The van der Waals surface area contributed by atoms with Gasteiger partial charge in [0.15, 0.2) is 11.5 Å². The monoisotopic (exact) mass is 397 g/mol. The van der Waals surface area contributed by atoms with E-state index in [1.165, 1.54) is 5.56 Å². The second-order valence-corrected chi connectivity index (χ2v) is 7.44. The lowest BCUT2D eigenvalue weighted by Crippen LogP contribution is -2.49. The second kappa shape index (κ2) is 10.3. The van der Waals surface area contributed by atoms with Gasteiger partial charge in [0.05, 0.1) is 26.8 Å². The van der Waals surface area contributed by atoms with E-state index in [1.54, 1.807) is 14.2 Å². The number of nitrogens with zero attached hydrogens (tertiary/aromatic N) is 2. The maximum absolute atomic E-state index is 12.4. The SMILES string of the molecule is COc1ccc(CN2CCN(CC(=O)N[C@@H](C)c3ccccc3)CC2)cc1OC. The molecule has 1 aliphatic heterocycles. The van der Waals surface area contributed by atoms with E-state index in [2.05, 4.69) is 21.2 Å². The molecule has 1 aliphatic rings. The summed E-state index contributed by atoms with van der Waals surface area (Å²) in [5.41, 5.74) is 2.33. The highest BCUT2D eigenvalue weighted by atomic mass is 16.5. The van der Waals surface area contributed by atoms with Gasteiger partial charge < -0.3 is 14.8 Å². The van der Waals surface area contributed by atoms with Crippen LogP contribution >= 0.6 is 0 Å². The van der Waals surface area contributed by atoms with Gasteiger partial charge in [-0.15, -0.1) is 0 Å². The zero-order valence-corrected chi connectivity index (χ0v) is 17.6. The molecule has 1 heterocycles. The molecular weight excluding hydrogens is 366 g/mol. The molecular formula is C23H31N3O3. The number of amides is 1. The Morgan fingerprint density at radius 2 is 1.62 bits per heavy atom. The number of hydrogen-bond donors (Lipinski definition) is 1. The summed E-state index contributed by atoms with van der Waals surface area (Å²) in [7, 11) is 3.30. The van der Waals surface area contributed by atoms with Crippen LogP contribution in [0, 0.1) is 0 Å². The average Bonchev–Trinajstić information content (AvgIpc) is 2.75. The van der Waals surface area contributed by atoms with Crippen LogP contribution in [0.2, 0.25) is 0 Å². The molecule has 156 valence electrons. The summed E-state index contributed by atoms with van der Waals surface area (Å²) in [6, 6.07) is 16.1. The number of benzene rings is 2. The number of nitrogens with one attached hydrogen (secondary N) is 1. The van der Waals surface area contributed by atoms with Gasteiger partial charge in [0, 0.05) is 32.7 Å². The van der Waals surface area contributed by atoms with Crippen LogP contribution in [0.4, 0.5) is 0 Å². The van der Waals surface area contributed by atoms with E-state index in [0.29, 0.717) is 6.54 Å². The van der Waals surface area contributed by atoms with Crippen LogP contribution in [-0.4, -0.2) is 62.7 Å². The number of ether oxygens (including phenoxy) is 2. The number of rotatable bonds is 8. The molecule has 0 spiro atoms. The highest BCUT2D eigenvalue weighted by Gasteiger charge is 2.20. The zero-order chi connectivity index (χ0) is 20.6. The Bertz CT molecular complexity index is 789. The van der Waals surface area contributed by atoms with Gasteiger partial charge in [-0.25, -0.2) is 0 Å². The number of carbonyl (C=O) groups excluding carboxylic acids is 1. The first-order valence-electron chi connectivity index (χ1n) is 10.1. The Labute approximate surface area is 173 Å². The summed E-state index contributed by atoms with van der Waals surface area (Å²) in [5.74, 6) is 1.58. The molecule has 2 aromatic carbocycles. The van der Waals surface area contributed by atoms with Crippen LogP contribution in [0.5, 0.6) is 11.5 Å². The lowest BCUT2D eigenvalue weighted by atomic mass is 10.1. The highest BCUT2D eigenvalue weighted by Crippen LogP contribution is 2.28. The molecule has 0 aliphatic carbocycles. The van der Waals surface area contributed by atoms with E-state index >= 15 is 0 Å². The third-order valence-electron chi connectivity index (χ3n) is 5.36. The van der Waals surface area contributed by atoms with Crippen molar-refractivity contribution in [1.29, 1.82) is 0 Å². The lowest BCUT2D eigenvalue weighted by Gasteiger charge is -2.34. The van der Waals surface area contributed by atoms with Crippen molar-refractivity contribution < 1.29 is 14.3 Å². The first-order valence-corrected chi connectivity index (χ1v) is 10.1. The van der Waals surface area contributed by atoms with Crippen LogP contribution in [0.15, 0.2) is 48.5 Å². The third kappa shape index (κ3) is 5.95. The van der Waals surface area contributed by atoms with E-state index in [1.807, 2.05) is 49.4 Å². The number of hydrogen-bond acceptors (Lipinski definition) is 5. The molecule has 2 aromatic rings. The van der Waals surface area contributed by atoms with Crippen molar-refractivity contribution in [3.63, 3.8) is 0 Å². The van der Waals surface area contributed by atoms with Gasteiger partial charge in [-0.3, -0.25) is 14.6 Å². The number of carbonyl (C=O) groups is 1. The van der Waals surface area contributed by atoms with Crippen molar-refractivity contribution >= 4 is 5.91 Å². The molecule has 1 N–H and O–H groups in total. The minimum Gasteiger partial charge on any atom is -0.493 e. The molecule has 0 saturated carbocycles. The lowest BCUT2D eigenvalue weighted by molar-refractivity contribution is -0.123. The molecule has 6 nitrogen and oxygen atoms in total. The van der Waals surface area contributed by atoms with Crippen LogP contribution in [-0.2, 0) is 11.3 Å². The fraction of sp³-hybridized carbons (Fsp3) is 0.435. The molecule has 6 heteroatoms. The molecule has 1 fully saturated rings. The topological polar surface area (TPSA) is 54.0 Å². The zero-order valence-electron chi connectivity index (χ0n) is 17.6. The summed E-state index contributed by atoms with van der Waals surface area (Å²) in [6.07, 6.45) is 0. The minimum atomic E-state index is 0.0232. The van der Waals surface area contributed by atoms with E-state index in [4.69, 9.17) is 9.47 Å². The highest BCUT2D eigenvalue weighted by molar-refractivity contribution is 5.78. The van der Waals surface area contributed by atoms with Gasteiger partial charge in [0.2, 0.25) is 5.91 Å². The smallest absolute Gasteiger partial charge is 0.234 e. The first-order chi connectivity index (χ1) is 14.1. The fourth-order valence-corrected chi connectivity index (χ4v) is 3.66. The fourth-order valence-electron chi connectivity index (χ4n) is 3.66. The predicted molar refractivity (Wildman–Crippen MR) is 114 cm³/mol. The molecule has 0 aromatic heterocycles. The molecule has 0 bridgehead atoms. The Morgan fingerprint density at radius 1 is 0.966 bits per heavy atom. The van der Waals surface area contributed by atoms with E-state index in [0.717, 1.165) is 49.8 Å². The van der Waals surface area contributed by atoms with Crippen molar-refractivity contribution in [2.75, 3.05) is 46.9 Å². The third-order valence-corrected chi connectivity index (χ3v) is 5.36. The van der Waals surface area contributed by atoms with E-state index in [9.17, 15) is 4.79 Å².